The summed E-state index contributed by atoms with van der Waals surface area (Å²) in [6.07, 6.45) is 5.40. The number of hydrogen-bond acceptors (Lipinski definition) is 6. The Kier molecular flexibility index (Phi) is 6.34. The van der Waals surface area contributed by atoms with E-state index in [1.54, 1.807) is 31.3 Å². The standard InChI is InChI=1S/C27H27N5O3/c1-34-24-9-8-20(18-25(24)35-2)26-23(19-32(29-26)22-6-4-3-5-7-22)27(33)31-16-14-30(15-17-31)21-10-12-28-13-11-21/h3-13,18-19H,14-17H2,1-2H3. The van der Waals surface area contributed by atoms with E-state index in [2.05, 4.69) is 9.88 Å². The first kappa shape index (κ1) is 22.5. The Hall–Kier alpha value is -4.33. The van der Waals surface area contributed by atoms with Gasteiger partial charge in [0.05, 0.1) is 25.5 Å². The molecule has 1 fully saturated rings. The van der Waals surface area contributed by atoms with E-state index in [4.69, 9.17) is 14.6 Å². The number of anilines is 1. The Morgan fingerprint density at radius 3 is 2.23 bits per heavy atom. The van der Waals surface area contributed by atoms with Crippen molar-refractivity contribution in [2.75, 3.05) is 45.3 Å². The maximum Gasteiger partial charge on any atom is 0.257 e. The quantitative estimate of drug-likeness (QED) is 0.426. The van der Waals surface area contributed by atoms with Gasteiger partial charge in [0.2, 0.25) is 0 Å². The van der Waals surface area contributed by atoms with E-state index in [0.717, 1.165) is 30.0 Å². The smallest absolute Gasteiger partial charge is 0.257 e. The van der Waals surface area contributed by atoms with Gasteiger partial charge in [0.1, 0.15) is 5.69 Å². The van der Waals surface area contributed by atoms with E-state index >= 15 is 0 Å². The maximum absolute atomic E-state index is 13.7. The average Bonchev–Trinajstić information content (AvgIpc) is 3.39. The number of hydrogen-bond donors (Lipinski definition) is 0. The number of methoxy groups -OCH3 is 2. The van der Waals surface area contributed by atoms with Crippen LogP contribution in [0.2, 0.25) is 0 Å². The van der Waals surface area contributed by atoms with Gasteiger partial charge in [0.25, 0.3) is 5.91 Å². The molecular formula is C27H27N5O3. The lowest BCUT2D eigenvalue weighted by Crippen LogP contribution is -2.48. The minimum absolute atomic E-state index is 0.0358. The molecule has 0 atom stereocenters. The number of carbonyl (C=O) groups is 1. The van der Waals surface area contributed by atoms with Crippen LogP contribution in [0.5, 0.6) is 11.5 Å². The summed E-state index contributed by atoms with van der Waals surface area (Å²) in [5.74, 6) is 1.17. The predicted molar refractivity (Wildman–Crippen MR) is 134 cm³/mol. The zero-order chi connectivity index (χ0) is 24.2. The van der Waals surface area contributed by atoms with Crippen molar-refractivity contribution in [2.45, 2.75) is 0 Å². The van der Waals surface area contributed by atoms with Crippen molar-refractivity contribution < 1.29 is 14.3 Å². The summed E-state index contributed by atoms with van der Waals surface area (Å²) in [5.41, 5.74) is 3.96. The lowest BCUT2D eigenvalue weighted by Gasteiger charge is -2.36. The molecule has 1 saturated heterocycles. The van der Waals surface area contributed by atoms with Crippen LogP contribution in [-0.2, 0) is 0 Å². The molecule has 0 radical (unpaired) electrons. The van der Waals surface area contributed by atoms with E-state index in [0.29, 0.717) is 35.8 Å². The topological polar surface area (TPSA) is 72.7 Å². The van der Waals surface area contributed by atoms with Crippen molar-refractivity contribution in [3.05, 3.63) is 84.8 Å². The molecule has 4 aromatic rings. The van der Waals surface area contributed by atoms with Crippen molar-refractivity contribution in [2.24, 2.45) is 0 Å². The lowest BCUT2D eigenvalue weighted by molar-refractivity contribution is 0.0747. The third-order valence-corrected chi connectivity index (χ3v) is 6.22. The number of pyridine rings is 1. The van der Waals surface area contributed by atoms with Gasteiger partial charge in [-0.2, -0.15) is 5.10 Å². The molecule has 5 rings (SSSR count). The van der Waals surface area contributed by atoms with Crippen LogP contribution in [0.1, 0.15) is 10.4 Å². The van der Waals surface area contributed by atoms with Crippen LogP contribution in [-0.4, -0.2) is 66.0 Å². The number of aromatic nitrogens is 3. The van der Waals surface area contributed by atoms with Gasteiger partial charge in [0, 0.05) is 56.0 Å². The molecule has 0 spiro atoms. The predicted octanol–water partition coefficient (Wildman–Crippen LogP) is 3.91. The number of amides is 1. The van der Waals surface area contributed by atoms with Gasteiger partial charge in [-0.15, -0.1) is 0 Å². The highest BCUT2D eigenvalue weighted by Crippen LogP contribution is 2.34. The monoisotopic (exact) mass is 469 g/mol. The number of para-hydroxylation sites is 1. The molecule has 2 aromatic carbocycles. The summed E-state index contributed by atoms with van der Waals surface area (Å²) in [5, 5.41) is 4.82. The Morgan fingerprint density at radius 1 is 0.829 bits per heavy atom. The van der Waals surface area contributed by atoms with Crippen LogP contribution in [0.25, 0.3) is 16.9 Å². The molecule has 0 bridgehead atoms. The number of carbonyl (C=O) groups excluding carboxylic acids is 1. The van der Waals surface area contributed by atoms with Crippen molar-refractivity contribution in [3.8, 4) is 28.4 Å². The summed E-state index contributed by atoms with van der Waals surface area (Å²) in [6, 6.07) is 19.4. The van der Waals surface area contributed by atoms with Crippen LogP contribution in [0.15, 0.2) is 79.3 Å². The molecule has 8 heteroatoms. The lowest BCUT2D eigenvalue weighted by atomic mass is 10.1. The molecule has 0 N–H and O–H groups in total. The second-order valence-electron chi connectivity index (χ2n) is 8.23. The van der Waals surface area contributed by atoms with Gasteiger partial charge in [-0.05, 0) is 42.5 Å². The molecule has 1 amide bonds. The first-order chi connectivity index (χ1) is 17.2. The third kappa shape index (κ3) is 4.55. The fourth-order valence-electron chi connectivity index (χ4n) is 4.33. The minimum Gasteiger partial charge on any atom is -0.493 e. The van der Waals surface area contributed by atoms with Gasteiger partial charge >= 0.3 is 0 Å². The zero-order valence-corrected chi connectivity index (χ0v) is 19.8. The highest BCUT2D eigenvalue weighted by molar-refractivity contribution is 6.00. The molecule has 0 saturated carbocycles. The van der Waals surface area contributed by atoms with Crippen LogP contribution < -0.4 is 14.4 Å². The number of nitrogens with zero attached hydrogens (tertiary/aromatic N) is 5. The average molecular weight is 470 g/mol. The Bertz CT molecular complexity index is 1300. The first-order valence-corrected chi connectivity index (χ1v) is 11.5. The fourth-order valence-corrected chi connectivity index (χ4v) is 4.33. The second-order valence-corrected chi connectivity index (χ2v) is 8.23. The molecule has 8 nitrogen and oxygen atoms in total. The molecule has 1 aliphatic heterocycles. The van der Waals surface area contributed by atoms with Gasteiger partial charge in [0.15, 0.2) is 11.5 Å². The van der Waals surface area contributed by atoms with Crippen molar-refractivity contribution >= 4 is 11.6 Å². The van der Waals surface area contributed by atoms with Crippen LogP contribution in [0.3, 0.4) is 0 Å². The second kappa shape index (κ2) is 9.89. The molecule has 1 aliphatic rings. The van der Waals surface area contributed by atoms with Crippen molar-refractivity contribution in [1.29, 1.82) is 0 Å². The highest BCUT2D eigenvalue weighted by Gasteiger charge is 2.27. The Balaban J connectivity index is 1.47. The summed E-state index contributed by atoms with van der Waals surface area (Å²) < 4.78 is 12.6. The van der Waals surface area contributed by atoms with E-state index < -0.39 is 0 Å². The maximum atomic E-state index is 13.7. The number of ether oxygens (including phenoxy) is 2. The number of piperazine rings is 1. The largest absolute Gasteiger partial charge is 0.493 e. The van der Waals surface area contributed by atoms with Crippen LogP contribution in [0.4, 0.5) is 5.69 Å². The van der Waals surface area contributed by atoms with Crippen LogP contribution in [0, 0.1) is 0 Å². The normalized spacial score (nSPS) is 13.5. The molecule has 0 aliphatic carbocycles. The number of benzene rings is 2. The Morgan fingerprint density at radius 2 is 1.54 bits per heavy atom. The van der Waals surface area contributed by atoms with E-state index in [-0.39, 0.29) is 5.91 Å². The first-order valence-electron chi connectivity index (χ1n) is 11.5. The zero-order valence-electron chi connectivity index (χ0n) is 19.8. The third-order valence-electron chi connectivity index (χ3n) is 6.22. The molecule has 35 heavy (non-hydrogen) atoms. The van der Waals surface area contributed by atoms with E-state index in [1.165, 1.54) is 0 Å². The summed E-state index contributed by atoms with van der Waals surface area (Å²) >= 11 is 0. The number of rotatable bonds is 6. The minimum atomic E-state index is -0.0358. The summed E-state index contributed by atoms with van der Waals surface area (Å²) in [4.78, 5) is 22.0. The molecular weight excluding hydrogens is 442 g/mol. The van der Waals surface area contributed by atoms with Gasteiger partial charge < -0.3 is 19.3 Å². The summed E-state index contributed by atoms with van der Waals surface area (Å²) in [7, 11) is 3.20. The fraction of sp³-hybridized carbons (Fsp3) is 0.222. The van der Waals surface area contributed by atoms with Crippen LogP contribution >= 0.6 is 0 Å². The van der Waals surface area contributed by atoms with Crippen molar-refractivity contribution in [1.82, 2.24) is 19.7 Å². The van der Waals surface area contributed by atoms with E-state index in [9.17, 15) is 4.79 Å². The molecule has 178 valence electrons. The van der Waals surface area contributed by atoms with E-state index in [1.807, 2.05) is 71.8 Å². The highest BCUT2D eigenvalue weighted by atomic mass is 16.5. The van der Waals surface area contributed by atoms with Gasteiger partial charge in [-0.1, -0.05) is 18.2 Å². The summed E-state index contributed by atoms with van der Waals surface area (Å²) in [6.45, 7) is 2.77. The SMILES string of the molecule is COc1ccc(-c2nn(-c3ccccc3)cc2C(=O)N2CCN(c3ccncc3)CC2)cc1OC. The molecule has 3 heterocycles. The Labute approximate surface area is 204 Å². The molecule has 2 aromatic heterocycles. The van der Waals surface area contributed by atoms with Gasteiger partial charge in [-0.3, -0.25) is 9.78 Å². The van der Waals surface area contributed by atoms with Crippen molar-refractivity contribution in [3.63, 3.8) is 0 Å². The molecule has 0 unspecified atom stereocenters. The van der Waals surface area contributed by atoms with Gasteiger partial charge in [-0.25, -0.2) is 4.68 Å².